The quantitative estimate of drug-likeness (QED) is 0.676. The number of amides is 3. The van der Waals surface area contributed by atoms with E-state index in [-0.39, 0.29) is 11.9 Å². The number of methoxy groups -OCH3 is 1. The Hall–Kier alpha value is -2.08. The highest BCUT2D eigenvalue weighted by Gasteiger charge is 2.04. The standard InChI is InChI=1S/C13H19N3O3/c1-14-12(17)10-4-6-11(7-5-10)16-13(18)15-8-3-9-19-2/h4-7H,3,8-9H2,1-2H3,(H,14,17)(H2,15,16,18). The summed E-state index contributed by atoms with van der Waals surface area (Å²) in [6, 6.07) is 6.39. The van der Waals surface area contributed by atoms with Crippen molar-refractivity contribution >= 4 is 17.6 Å². The normalized spacial score (nSPS) is 9.79. The van der Waals surface area contributed by atoms with E-state index in [0.29, 0.717) is 24.4 Å². The lowest BCUT2D eigenvalue weighted by atomic mass is 10.2. The molecule has 1 aromatic rings. The number of nitrogens with one attached hydrogen (secondary N) is 3. The van der Waals surface area contributed by atoms with Crippen LogP contribution < -0.4 is 16.0 Å². The van der Waals surface area contributed by atoms with Crippen molar-refractivity contribution in [2.45, 2.75) is 6.42 Å². The largest absolute Gasteiger partial charge is 0.385 e. The topological polar surface area (TPSA) is 79.5 Å². The van der Waals surface area contributed by atoms with Crippen molar-refractivity contribution in [2.75, 3.05) is 32.6 Å². The number of urea groups is 1. The second-order valence-electron chi connectivity index (χ2n) is 3.88. The minimum Gasteiger partial charge on any atom is -0.385 e. The predicted molar refractivity (Wildman–Crippen MR) is 73.3 cm³/mol. The molecule has 0 saturated carbocycles. The molecule has 0 aliphatic rings. The summed E-state index contributed by atoms with van der Waals surface area (Å²) in [5.74, 6) is -0.157. The van der Waals surface area contributed by atoms with E-state index in [1.165, 1.54) is 0 Å². The molecule has 19 heavy (non-hydrogen) atoms. The van der Waals surface area contributed by atoms with E-state index in [1.807, 2.05) is 0 Å². The van der Waals surface area contributed by atoms with Crippen molar-refractivity contribution in [1.29, 1.82) is 0 Å². The number of anilines is 1. The zero-order valence-corrected chi connectivity index (χ0v) is 11.2. The number of carbonyl (C=O) groups is 2. The lowest BCUT2D eigenvalue weighted by Crippen LogP contribution is -2.30. The Bertz CT molecular complexity index is 418. The molecule has 0 spiro atoms. The molecular weight excluding hydrogens is 246 g/mol. The Morgan fingerprint density at radius 2 is 1.89 bits per heavy atom. The van der Waals surface area contributed by atoms with Gasteiger partial charge in [0.1, 0.15) is 0 Å². The van der Waals surface area contributed by atoms with Gasteiger partial charge in [-0.3, -0.25) is 4.79 Å². The van der Waals surface area contributed by atoms with Crippen LogP contribution in [-0.2, 0) is 4.74 Å². The Labute approximate surface area is 112 Å². The lowest BCUT2D eigenvalue weighted by molar-refractivity contribution is 0.0963. The van der Waals surface area contributed by atoms with Crippen LogP contribution in [0, 0.1) is 0 Å². The summed E-state index contributed by atoms with van der Waals surface area (Å²) in [5, 5.41) is 7.92. The molecule has 0 radical (unpaired) electrons. The maximum atomic E-state index is 11.5. The highest BCUT2D eigenvalue weighted by atomic mass is 16.5. The van der Waals surface area contributed by atoms with Gasteiger partial charge in [-0.1, -0.05) is 0 Å². The van der Waals surface area contributed by atoms with Gasteiger partial charge in [-0.15, -0.1) is 0 Å². The number of hydrogen-bond acceptors (Lipinski definition) is 3. The molecule has 0 unspecified atom stereocenters. The van der Waals surface area contributed by atoms with Crippen LogP contribution in [0.5, 0.6) is 0 Å². The molecule has 3 N–H and O–H groups in total. The second kappa shape index (κ2) is 8.10. The summed E-state index contributed by atoms with van der Waals surface area (Å²) in [7, 11) is 3.19. The molecular formula is C13H19N3O3. The SMILES string of the molecule is CNC(=O)c1ccc(NC(=O)NCCCOC)cc1. The van der Waals surface area contributed by atoms with E-state index in [2.05, 4.69) is 16.0 Å². The van der Waals surface area contributed by atoms with Crippen molar-refractivity contribution in [3.05, 3.63) is 29.8 Å². The first-order valence-electron chi connectivity index (χ1n) is 6.03. The van der Waals surface area contributed by atoms with E-state index < -0.39 is 0 Å². The maximum Gasteiger partial charge on any atom is 0.319 e. The smallest absolute Gasteiger partial charge is 0.319 e. The number of benzene rings is 1. The van der Waals surface area contributed by atoms with E-state index in [9.17, 15) is 9.59 Å². The number of rotatable bonds is 6. The van der Waals surface area contributed by atoms with Crippen LogP contribution in [0.2, 0.25) is 0 Å². The summed E-state index contributed by atoms with van der Waals surface area (Å²) in [6.45, 7) is 1.16. The van der Waals surface area contributed by atoms with Crippen LogP contribution in [0.3, 0.4) is 0 Å². The Kier molecular flexibility index (Phi) is 6.38. The van der Waals surface area contributed by atoms with Gasteiger partial charge >= 0.3 is 6.03 Å². The van der Waals surface area contributed by atoms with E-state index in [4.69, 9.17) is 4.74 Å². The third-order valence-electron chi connectivity index (χ3n) is 2.44. The minimum absolute atomic E-state index is 0.157. The molecule has 1 aromatic carbocycles. The predicted octanol–water partition coefficient (Wildman–Crippen LogP) is 1.20. The molecule has 1 rings (SSSR count). The number of hydrogen-bond donors (Lipinski definition) is 3. The average Bonchev–Trinajstić information content (AvgIpc) is 2.43. The van der Waals surface area contributed by atoms with Crippen molar-refractivity contribution in [3.8, 4) is 0 Å². The maximum absolute atomic E-state index is 11.5. The summed E-state index contributed by atoms with van der Waals surface area (Å²) in [5.41, 5.74) is 1.19. The van der Waals surface area contributed by atoms with E-state index >= 15 is 0 Å². The zero-order chi connectivity index (χ0) is 14.1. The molecule has 6 nitrogen and oxygen atoms in total. The van der Waals surface area contributed by atoms with Crippen LogP contribution >= 0.6 is 0 Å². The van der Waals surface area contributed by atoms with E-state index in [1.54, 1.807) is 38.4 Å². The van der Waals surface area contributed by atoms with Crippen molar-refractivity contribution < 1.29 is 14.3 Å². The third-order valence-corrected chi connectivity index (χ3v) is 2.44. The molecule has 0 fully saturated rings. The first kappa shape index (κ1) is 15.0. The molecule has 0 bridgehead atoms. The van der Waals surface area contributed by atoms with Gasteiger partial charge in [0.15, 0.2) is 0 Å². The van der Waals surface area contributed by atoms with Gasteiger partial charge in [-0.2, -0.15) is 0 Å². The van der Waals surface area contributed by atoms with Gasteiger partial charge in [0, 0.05) is 38.6 Å². The van der Waals surface area contributed by atoms with Crippen LogP contribution in [0.4, 0.5) is 10.5 Å². The molecule has 104 valence electrons. The highest BCUT2D eigenvalue weighted by molar-refractivity contribution is 5.95. The summed E-state index contributed by atoms with van der Waals surface area (Å²) < 4.78 is 4.88. The van der Waals surface area contributed by atoms with Crippen molar-refractivity contribution in [3.63, 3.8) is 0 Å². The molecule has 0 atom stereocenters. The lowest BCUT2D eigenvalue weighted by Gasteiger charge is -2.08. The Morgan fingerprint density at radius 1 is 1.21 bits per heavy atom. The summed E-state index contributed by atoms with van der Waals surface area (Å²) in [6.07, 6.45) is 0.763. The zero-order valence-electron chi connectivity index (χ0n) is 11.2. The van der Waals surface area contributed by atoms with Gasteiger partial charge in [0.2, 0.25) is 0 Å². The molecule has 0 heterocycles. The number of carbonyl (C=O) groups excluding carboxylic acids is 2. The van der Waals surface area contributed by atoms with Gasteiger partial charge in [0.25, 0.3) is 5.91 Å². The van der Waals surface area contributed by atoms with Crippen molar-refractivity contribution in [1.82, 2.24) is 10.6 Å². The summed E-state index contributed by atoms with van der Waals surface area (Å²) in [4.78, 5) is 22.8. The fourth-order valence-electron chi connectivity index (χ4n) is 1.44. The van der Waals surface area contributed by atoms with Crippen LogP contribution in [0.25, 0.3) is 0 Å². The van der Waals surface area contributed by atoms with Gasteiger partial charge in [0.05, 0.1) is 0 Å². The van der Waals surface area contributed by atoms with Gasteiger partial charge < -0.3 is 20.7 Å². The van der Waals surface area contributed by atoms with Crippen LogP contribution in [-0.4, -0.2) is 39.2 Å². The molecule has 0 aromatic heterocycles. The molecule has 6 heteroatoms. The molecule has 0 saturated heterocycles. The van der Waals surface area contributed by atoms with Crippen molar-refractivity contribution in [2.24, 2.45) is 0 Å². The van der Waals surface area contributed by atoms with Crippen LogP contribution in [0.15, 0.2) is 24.3 Å². The Balaban J connectivity index is 2.40. The fraction of sp³-hybridized carbons (Fsp3) is 0.385. The van der Waals surface area contributed by atoms with Gasteiger partial charge in [-0.25, -0.2) is 4.79 Å². The minimum atomic E-state index is -0.274. The number of ether oxygens (including phenoxy) is 1. The Morgan fingerprint density at radius 3 is 2.47 bits per heavy atom. The summed E-state index contributed by atoms with van der Waals surface area (Å²) >= 11 is 0. The fourth-order valence-corrected chi connectivity index (χ4v) is 1.44. The molecule has 3 amide bonds. The highest BCUT2D eigenvalue weighted by Crippen LogP contribution is 2.09. The second-order valence-corrected chi connectivity index (χ2v) is 3.88. The molecule has 0 aliphatic heterocycles. The third kappa shape index (κ3) is 5.39. The first-order chi connectivity index (χ1) is 9.17. The first-order valence-corrected chi connectivity index (χ1v) is 6.03. The van der Waals surface area contributed by atoms with Crippen LogP contribution in [0.1, 0.15) is 16.8 Å². The average molecular weight is 265 g/mol. The van der Waals surface area contributed by atoms with E-state index in [0.717, 1.165) is 6.42 Å². The van der Waals surface area contributed by atoms with Gasteiger partial charge in [-0.05, 0) is 30.7 Å². The molecule has 0 aliphatic carbocycles. The monoisotopic (exact) mass is 265 g/mol.